The molecule has 2 aliphatic rings. The summed E-state index contributed by atoms with van der Waals surface area (Å²) in [4.78, 5) is 12.4. The first kappa shape index (κ1) is 17.8. The summed E-state index contributed by atoms with van der Waals surface area (Å²) in [6.07, 6.45) is 5.51. The van der Waals surface area contributed by atoms with Crippen molar-refractivity contribution in [3.8, 4) is 0 Å². The summed E-state index contributed by atoms with van der Waals surface area (Å²) in [5.41, 5.74) is 2.40. The van der Waals surface area contributed by atoms with Crippen LogP contribution in [-0.2, 0) is 6.54 Å². The first-order valence-corrected chi connectivity index (χ1v) is 10.2. The van der Waals surface area contributed by atoms with Crippen molar-refractivity contribution in [3.63, 3.8) is 0 Å². The van der Waals surface area contributed by atoms with E-state index < -0.39 is 0 Å². The van der Waals surface area contributed by atoms with Gasteiger partial charge in [0.15, 0.2) is 5.82 Å². The number of nitrogens with one attached hydrogen (secondary N) is 1. The van der Waals surface area contributed by atoms with Gasteiger partial charge in [-0.3, -0.25) is 4.90 Å². The maximum absolute atomic E-state index is 10.5. The highest BCUT2D eigenvalue weighted by molar-refractivity contribution is 7.99. The van der Waals surface area contributed by atoms with Crippen LogP contribution in [0.15, 0.2) is 40.5 Å². The lowest BCUT2D eigenvalue weighted by molar-refractivity contribution is -0.0212. The van der Waals surface area contributed by atoms with Gasteiger partial charge in [-0.15, -0.1) is 0 Å². The zero-order valence-corrected chi connectivity index (χ0v) is 16.2. The van der Waals surface area contributed by atoms with Crippen molar-refractivity contribution in [3.05, 3.63) is 36.2 Å². The normalized spacial score (nSPS) is 25.3. The number of aromatic nitrogens is 2. The fraction of sp³-hybridized carbons (Fsp3) is 0.500. The third-order valence-corrected chi connectivity index (χ3v) is 6.41. The molecule has 0 radical (unpaired) electrons. The lowest BCUT2D eigenvalue weighted by atomic mass is 9.84. The Morgan fingerprint density at radius 2 is 2.12 bits per heavy atom. The van der Waals surface area contributed by atoms with E-state index in [9.17, 15) is 5.11 Å². The molecule has 5 nitrogen and oxygen atoms in total. The van der Waals surface area contributed by atoms with Crippen molar-refractivity contribution in [1.29, 1.82) is 0 Å². The van der Waals surface area contributed by atoms with Gasteiger partial charge in [-0.2, -0.15) is 0 Å². The molecule has 0 bridgehead atoms. The molecular weight excluding hydrogens is 344 g/mol. The van der Waals surface area contributed by atoms with E-state index >= 15 is 0 Å². The largest absolute Gasteiger partial charge is 0.392 e. The Bertz CT molecular complexity index is 784. The van der Waals surface area contributed by atoms with E-state index in [0.29, 0.717) is 11.8 Å². The van der Waals surface area contributed by atoms with Crippen molar-refractivity contribution in [1.82, 2.24) is 14.9 Å². The summed E-state index contributed by atoms with van der Waals surface area (Å²) in [6.45, 7) is 7.22. The minimum atomic E-state index is -0.164. The van der Waals surface area contributed by atoms with Crippen molar-refractivity contribution in [2.75, 3.05) is 18.4 Å². The van der Waals surface area contributed by atoms with Crippen molar-refractivity contribution in [2.24, 2.45) is 11.8 Å². The van der Waals surface area contributed by atoms with Crippen molar-refractivity contribution < 1.29 is 5.11 Å². The Kier molecular flexibility index (Phi) is 5.16. The van der Waals surface area contributed by atoms with E-state index in [1.165, 1.54) is 10.5 Å². The second-order valence-electron chi connectivity index (χ2n) is 7.48. The van der Waals surface area contributed by atoms with Crippen LogP contribution < -0.4 is 5.32 Å². The monoisotopic (exact) mass is 370 g/mol. The molecule has 0 amide bonds. The molecule has 138 valence electrons. The van der Waals surface area contributed by atoms with Crippen LogP contribution in [0, 0.1) is 11.8 Å². The Morgan fingerprint density at radius 3 is 2.96 bits per heavy atom. The molecule has 0 saturated carbocycles. The minimum Gasteiger partial charge on any atom is -0.392 e. The number of aliphatic hydroxyl groups excluding tert-OH is 1. The van der Waals surface area contributed by atoms with Gasteiger partial charge >= 0.3 is 0 Å². The number of likely N-dealkylation sites (tertiary alicyclic amines) is 1. The Hall–Kier alpha value is -1.63. The SMILES string of the molecule is CCCC1CN(Cc2ccc3c(c2)Nc2nccnc2S3)CC(C)C1O. The molecule has 0 spiro atoms. The zero-order valence-electron chi connectivity index (χ0n) is 15.4. The van der Waals surface area contributed by atoms with Crippen LogP contribution in [0.2, 0.25) is 0 Å². The fourth-order valence-corrected chi connectivity index (χ4v) is 4.97. The number of benzene rings is 1. The predicted octanol–water partition coefficient (Wildman–Crippen LogP) is 3.91. The number of aliphatic hydroxyl groups is 1. The quantitative estimate of drug-likeness (QED) is 0.726. The summed E-state index contributed by atoms with van der Waals surface area (Å²) in [5.74, 6) is 1.55. The summed E-state index contributed by atoms with van der Waals surface area (Å²) >= 11 is 1.66. The van der Waals surface area contributed by atoms with Gasteiger partial charge in [-0.25, -0.2) is 9.97 Å². The van der Waals surface area contributed by atoms with Gasteiger partial charge in [0.1, 0.15) is 5.03 Å². The van der Waals surface area contributed by atoms with Gasteiger partial charge in [0.25, 0.3) is 0 Å². The molecule has 6 heteroatoms. The molecule has 2 aliphatic heterocycles. The summed E-state index contributed by atoms with van der Waals surface area (Å²) in [7, 11) is 0. The highest BCUT2D eigenvalue weighted by atomic mass is 32.2. The van der Waals surface area contributed by atoms with Crippen LogP contribution in [0.5, 0.6) is 0 Å². The van der Waals surface area contributed by atoms with Crippen LogP contribution in [-0.4, -0.2) is 39.2 Å². The average Bonchev–Trinajstić information content (AvgIpc) is 2.64. The lowest BCUT2D eigenvalue weighted by Gasteiger charge is -2.40. The van der Waals surface area contributed by atoms with Crippen LogP contribution in [0.3, 0.4) is 0 Å². The number of hydrogen-bond donors (Lipinski definition) is 2. The summed E-state index contributed by atoms with van der Waals surface area (Å²) in [5, 5.41) is 14.8. The van der Waals surface area contributed by atoms with E-state index in [-0.39, 0.29) is 6.10 Å². The molecule has 26 heavy (non-hydrogen) atoms. The Labute approximate surface area is 159 Å². The molecule has 1 aromatic carbocycles. The number of nitrogens with zero attached hydrogens (tertiary/aromatic N) is 3. The smallest absolute Gasteiger partial charge is 0.163 e. The maximum Gasteiger partial charge on any atom is 0.163 e. The van der Waals surface area contributed by atoms with Crippen LogP contribution in [0.1, 0.15) is 32.3 Å². The predicted molar refractivity (Wildman–Crippen MR) is 105 cm³/mol. The highest BCUT2D eigenvalue weighted by Crippen LogP contribution is 2.42. The molecule has 1 saturated heterocycles. The van der Waals surface area contributed by atoms with Gasteiger partial charge in [-0.1, -0.05) is 38.1 Å². The topological polar surface area (TPSA) is 61.3 Å². The first-order chi connectivity index (χ1) is 12.6. The second kappa shape index (κ2) is 7.55. The first-order valence-electron chi connectivity index (χ1n) is 9.43. The molecule has 2 N–H and O–H groups in total. The van der Waals surface area contributed by atoms with Crippen molar-refractivity contribution >= 4 is 23.3 Å². The second-order valence-corrected chi connectivity index (χ2v) is 8.51. The standard InChI is InChI=1S/C20H26N4OS/c1-3-4-15-12-24(10-13(2)18(15)25)11-14-5-6-17-16(9-14)23-19-20(26-17)22-8-7-21-19/h5-9,13,15,18,25H,3-4,10-12H2,1-2H3,(H,21,23). The molecule has 2 aromatic rings. The number of anilines is 2. The third kappa shape index (κ3) is 3.59. The molecule has 4 rings (SSSR count). The fourth-order valence-electron chi connectivity index (χ4n) is 4.09. The van der Waals surface area contributed by atoms with E-state index in [2.05, 4.69) is 52.2 Å². The van der Waals surface area contributed by atoms with Crippen LogP contribution in [0.25, 0.3) is 0 Å². The molecule has 3 atom stereocenters. The van der Waals surface area contributed by atoms with Crippen LogP contribution in [0.4, 0.5) is 11.5 Å². The van der Waals surface area contributed by atoms with E-state index in [4.69, 9.17) is 0 Å². The van der Waals surface area contributed by atoms with Gasteiger partial charge in [0.2, 0.25) is 0 Å². The lowest BCUT2D eigenvalue weighted by Crippen LogP contribution is -2.47. The third-order valence-electron chi connectivity index (χ3n) is 5.34. The Balaban J connectivity index is 1.48. The minimum absolute atomic E-state index is 0.164. The Morgan fingerprint density at radius 1 is 1.27 bits per heavy atom. The zero-order chi connectivity index (χ0) is 18.1. The molecular formula is C20H26N4OS. The van der Waals surface area contributed by atoms with Gasteiger partial charge in [0.05, 0.1) is 11.8 Å². The molecule has 1 fully saturated rings. The van der Waals surface area contributed by atoms with Gasteiger partial charge in [0, 0.05) is 36.9 Å². The number of rotatable bonds is 4. The van der Waals surface area contributed by atoms with Gasteiger partial charge in [-0.05, 0) is 36.0 Å². The van der Waals surface area contributed by atoms with Crippen molar-refractivity contribution in [2.45, 2.75) is 49.3 Å². The number of fused-ring (bicyclic) bond motifs is 2. The molecule has 1 aromatic heterocycles. The molecule has 3 unspecified atom stereocenters. The van der Waals surface area contributed by atoms with Gasteiger partial charge < -0.3 is 10.4 Å². The molecule has 0 aliphatic carbocycles. The average molecular weight is 371 g/mol. The van der Waals surface area contributed by atoms with Crippen LogP contribution >= 0.6 is 11.8 Å². The van der Waals surface area contributed by atoms with E-state index in [0.717, 1.165) is 49.0 Å². The summed E-state index contributed by atoms with van der Waals surface area (Å²) in [6, 6.07) is 6.61. The number of piperidine rings is 1. The summed E-state index contributed by atoms with van der Waals surface area (Å²) < 4.78 is 0. The maximum atomic E-state index is 10.5. The highest BCUT2D eigenvalue weighted by Gasteiger charge is 2.32. The van der Waals surface area contributed by atoms with E-state index in [1.54, 1.807) is 24.2 Å². The van der Waals surface area contributed by atoms with E-state index in [1.807, 2.05) is 0 Å². The number of hydrogen-bond acceptors (Lipinski definition) is 6. The molecule has 3 heterocycles.